The Morgan fingerprint density at radius 2 is 2.06 bits per heavy atom. The average Bonchev–Trinajstić information content (AvgIpc) is 2.64. The van der Waals surface area contributed by atoms with Gasteiger partial charge in [0.15, 0.2) is 0 Å². The largest absolute Gasteiger partial charge is 0.319 e. The molecular formula is C14H21BrN2. The fourth-order valence-electron chi connectivity index (χ4n) is 2.68. The lowest BCUT2D eigenvalue weighted by Crippen LogP contribution is -2.32. The van der Waals surface area contributed by atoms with Crippen molar-refractivity contribution in [3.8, 4) is 0 Å². The van der Waals surface area contributed by atoms with Gasteiger partial charge in [-0.1, -0.05) is 35.0 Å². The van der Waals surface area contributed by atoms with Crippen molar-refractivity contribution in [3.05, 3.63) is 34.3 Å². The third-order valence-electron chi connectivity index (χ3n) is 3.56. The van der Waals surface area contributed by atoms with Gasteiger partial charge in [0.05, 0.1) is 0 Å². The Morgan fingerprint density at radius 1 is 1.35 bits per heavy atom. The van der Waals surface area contributed by atoms with E-state index in [9.17, 15) is 0 Å². The molecule has 0 saturated carbocycles. The topological polar surface area (TPSA) is 15.3 Å². The standard InChI is InChI=1S/C14H21BrN2/c1-14(10-16-2)7-8-17(11-14)9-12-3-5-13(15)6-4-12/h3-6,16H,7-11H2,1-2H3. The van der Waals surface area contributed by atoms with Crippen LogP contribution in [-0.4, -0.2) is 31.6 Å². The summed E-state index contributed by atoms with van der Waals surface area (Å²) in [6.07, 6.45) is 1.30. The van der Waals surface area contributed by atoms with Crippen LogP contribution in [0.2, 0.25) is 0 Å². The zero-order valence-corrected chi connectivity index (χ0v) is 12.3. The van der Waals surface area contributed by atoms with E-state index >= 15 is 0 Å². The molecule has 2 rings (SSSR count). The highest BCUT2D eigenvalue weighted by molar-refractivity contribution is 9.10. The van der Waals surface area contributed by atoms with Crippen molar-refractivity contribution < 1.29 is 0 Å². The molecule has 1 saturated heterocycles. The first-order valence-corrected chi connectivity index (χ1v) is 7.02. The molecule has 0 spiro atoms. The minimum Gasteiger partial charge on any atom is -0.319 e. The van der Waals surface area contributed by atoms with Gasteiger partial charge >= 0.3 is 0 Å². The fourth-order valence-corrected chi connectivity index (χ4v) is 2.94. The van der Waals surface area contributed by atoms with E-state index in [1.807, 2.05) is 7.05 Å². The molecule has 0 bridgehead atoms. The summed E-state index contributed by atoms with van der Waals surface area (Å²) in [4.78, 5) is 2.56. The van der Waals surface area contributed by atoms with Gasteiger partial charge in [0.25, 0.3) is 0 Å². The van der Waals surface area contributed by atoms with E-state index in [1.165, 1.54) is 25.1 Å². The maximum Gasteiger partial charge on any atom is 0.0233 e. The van der Waals surface area contributed by atoms with Crippen molar-refractivity contribution >= 4 is 15.9 Å². The van der Waals surface area contributed by atoms with Crippen molar-refractivity contribution in [2.24, 2.45) is 5.41 Å². The van der Waals surface area contributed by atoms with Crippen LogP contribution >= 0.6 is 15.9 Å². The third-order valence-corrected chi connectivity index (χ3v) is 4.09. The number of benzene rings is 1. The second-order valence-electron chi connectivity index (χ2n) is 5.43. The van der Waals surface area contributed by atoms with Gasteiger partial charge in [-0.25, -0.2) is 0 Å². The van der Waals surface area contributed by atoms with Crippen LogP contribution in [0.1, 0.15) is 18.9 Å². The fraction of sp³-hybridized carbons (Fsp3) is 0.571. The molecule has 17 heavy (non-hydrogen) atoms. The molecule has 1 aliphatic heterocycles. The number of rotatable bonds is 4. The molecule has 1 aromatic rings. The van der Waals surface area contributed by atoms with E-state index < -0.39 is 0 Å². The average molecular weight is 297 g/mol. The number of hydrogen-bond donors (Lipinski definition) is 1. The first kappa shape index (κ1) is 13.1. The SMILES string of the molecule is CNCC1(C)CCN(Cc2ccc(Br)cc2)C1. The minimum atomic E-state index is 0.449. The Balaban J connectivity index is 1.91. The second-order valence-corrected chi connectivity index (χ2v) is 6.34. The van der Waals surface area contributed by atoms with Crippen LogP contribution in [0.3, 0.4) is 0 Å². The number of nitrogens with one attached hydrogen (secondary N) is 1. The van der Waals surface area contributed by atoms with Crippen LogP contribution in [-0.2, 0) is 6.54 Å². The first-order valence-electron chi connectivity index (χ1n) is 6.23. The number of nitrogens with zero attached hydrogens (tertiary/aromatic N) is 1. The zero-order valence-electron chi connectivity index (χ0n) is 10.7. The minimum absolute atomic E-state index is 0.449. The Hall–Kier alpha value is -0.380. The second kappa shape index (κ2) is 5.51. The number of hydrogen-bond acceptors (Lipinski definition) is 2. The van der Waals surface area contributed by atoms with E-state index in [0.717, 1.165) is 17.6 Å². The summed E-state index contributed by atoms with van der Waals surface area (Å²) < 4.78 is 1.16. The molecule has 0 radical (unpaired) electrons. The van der Waals surface area contributed by atoms with E-state index in [1.54, 1.807) is 0 Å². The van der Waals surface area contributed by atoms with E-state index in [2.05, 4.69) is 57.3 Å². The lowest BCUT2D eigenvalue weighted by atomic mass is 9.90. The third kappa shape index (κ3) is 3.54. The Morgan fingerprint density at radius 3 is 2.71 bits per heavy atom. The summed E-state index contributed by atoms with van der Waals surface area (Å²) in [6, 6.07) is 8.66. The lowest BCUT2D eigenvalue weighted by Gasteiger charge is -2.24. The zero-order chi connectivity index (χ0) is 12.3. The molecule has 1 atom stereocenters. The van der Waals surface area contributed by atoms with Crippen LogP contribution in [0.15, 0.2) is 28.7 Å². The molecule has 3 heteroatoms. The molecule has 1 unspecified atom stereocenters. The van der Waals surface area contributed by atoms with E-state index in [0.29, 0.717) is 5.41 Å². The van der Waals surface area contributed by atoms with E-state index in [4.69, 9.17) is 0 Å². The van der Waals surface area contributed by atoms with Gasteiger partial charge in [-0.05, 0) is 43.1 Å². The van der Waals surface area contributed by atoms with Crippen LogP contribution in [0.25, 0.3) is 0 Å². The highest BCUT2D eigenvalue weighted by Crippen LogP contribution is 2.30. The molecule has 0 amide bonds. The highest BCUT2D eigenvalue weighted by atomic mass is 79.9. The van der Waals surface area contributed by atoms with Crippen molar-refractivity contribution in [2.45, 2.75) is 19.9 Å². The molecular weight excluding hydrogens is 276 g/mol. The highest BCUT2D eigenvalue weighted by Gasteiger charge is 2.32. The summed E-state index contributed by atoms with van der Waals surface area (Å²) in [5.74, 6) is 0. The van der Waals surface area contributed by atoms with Crippen LogP contribution in [0, 0.1) is 5.41 Å². The Kier molecular flexibility index (Phi) is 4.23. The van der Waals surface area contributed by atoms with Gasteiger partial charge in [-0.3, -0.25) is 4.90 Å². The van der Waals surface area contributed by atoms with Crippen molar-refractivity contribution in [2.75, 3.05) is 26.7 Å². The molecule has 2 nitrogen and oxygen atoms in total. The smallest absolute Gasteiger partial charge is 0.0233 e. The van der Waals surface area contributed by atoms with Gasteiger partial charge in [0.1, 0.15) is 0 Å². The van der Waals surface area contributed by atoms with Crippen molar-refractivity contribution in [1.29, 1.82) is 0 Å². The summed E-state index contributed by atoms with van der Waals surface area (Å²) in [5.41, 5.74) is 1.85. The monoisotopic (exact) mass is 296 g/mol. The van der Waals surface area contributed by atoms with Gasteiger partial charge < -0.3 is 5.32 Å². The van der Waals surface area contributed by atoms with Gasteiger partial charge in [0.2, 0.25) is 0 Å². The summed E-state index contributed by atoms with van der Waals surface area (Å²) in [6.45, 7) is 6.99. The summed E-state index contributed by atoms with van der Waals surface area (Å²) in [7, 11) is 2.04. The lowest BCUT2D eigenvalue weighted by molar-refractivity contribution is 0.265. The molecule has 94 valence electrons. The molecule has 1 aromatic carbocycles. The maximum atomic E-state index is 3.47. The number of halogens is 1. The quantitative estimate of drug-likeness (QED) is 0.919. The Bertz CT molecular complexity index is 363. The maximum absolute atomic E-state index is 3.47. The summed E-state index contributed by atoms with van der Waals surface area (Å²) >= 11 is 3.47. The molecule has 0 aliphatic carbocycles. The van der Waals surface area contributed by atoms with E-state index in [-0.39, 0.29) is 0 Å². The molecule has 1 aliphatic rings. The predicted molar refractivity (Wildman–Crippen MR) is 76.1 cm³/mol. The molecule has 1 heterocycles. The summed E-state index contributed by atoms with van der Waals surface area (Å²) in [5, 5.41) is 3.31. The van der Waals surface area contributed by atoms with Gasteiger partial charge in [0, 0.05) is 24.1 Å². The van der Waals surface area contributed by atoms with Gasteiger partial charge in [-0.15, -0.1) is 0 Å². The van der Waals surface area contributed by atoms with Crippen molar-refractivity contribution in [3.63, 3.8) is 0 Å². The van der Waals surface area contributed by atoms with Crippen LogP contribution < -0.4 is 5.32 Å². The van der Waals surface area contributed by atoms with Gasteiger partial charge in [-0.2, -0.15) is 0 Å². The molecule has 1 fully saturated rings. The first-order chi connectivity index (χ1) is 8.11. The number of likely N-dealkylation sites (tertiary alicyclic amines) is 1. The normalized spacial score (nSPS) is 25.4. The van der Waals surface area contributed by atoms with Crippen LogP contribution in [0.4, 0.5) is 0 Å². The Labute approximate surface area is 113 Å². The van der Waals surface area contributed by atoms with Crippen molar-refractivity contribution in [1.82, 2.24) is 10.2 Å². The predicted octanol–water partition coefficient (Wildman–Crippen LogP) is 2.88. The van der Waals surface area contributed by atoms with Crippen LogP contribution in [0.5, 0.6) is 0 Å². The molecule has 0 aromatic heterocycles. The molecule has 1 N–H and O–H groups in total.